The Hall–Kier alpha value is -0.830. The molecule has 0 aliphatic carbocycles. The number of carbonyl (C=O) groups is 1. The molecule has 1 aliphatic heterocycles. The molecule has 0 N–H and O–H groups in total. The van der Waals surface area contributed by atoms with Crippen LogP contribution in [0.2, 0.25) is 0 Å². The molecule has 1 aliphatic rings. The second-order valence-electron chi connectivity index (χ2n) is 2.67. The van der Waals surface area contributed by atoms with Gasteiger partial charge in [-0.15, -0.1) is 0 Å². The van der Waals surface area contributed by atoms with Gasteiger partial charge in [0, 0.05) is 13.1 Å². The van der Waals surface area contributed by atoms with Crippen LogP contribution in [0.3, 0.4) is 0 Å². The van der Waals surface area contributed by atoms with Crippen molar-refractivity contribution in [3.05, 3.63) is 12.7 Å². The maximum atomic E-state index is 11.1. The van der Waals surface area contributed by atoms with E-state index in [9.17, 15) is 4.79 Å². The molecular weight excluding hydrogens is 142 g/mol. The summed E-state index contributed by atoms with van der Waals surface area (Å²) in [7, 11) is 0. The average Bonchev–Trinajstić information content (AvgIpc) is 2.03. The van der Waals surface area contributed by atoms with E-state index >= 15 is 0 Å². The number of hydrogen-bond donors (Lipinski definition) is 0. The molecule has 1 atom stereocenters. The molecule has 1 fully saturated rings. The number of ether oxygens (including phenoxy) is 1. The van der Waals surface area contributed by atoms with Crippen molar-refractivity contribution in [2.45, 2.75) is 13.0 Å². The summed E-state index contributed by atoms with van der Waals surface area (Å²) in [6.07, 6.45) is 1.51. The lowest BCUT2D eigenvalue weighted by molar-refractivity contribution is -0.132. The lowest BCUT2D eigenvalue weighted by Gasteiger charge is -2.30. The first-order chi connectivity index (χ1) is 5.24. The van der Waals surface area contributed by atoms with Crippen molar-refractivity contribution in [2.75, 3.05) is 19.7 Å². The van der Waals surface area contributed by atoms with Gasteiger partial charge in [0.15, 0.2) is 0 Å². The Bertz CT molecular complexity index is 167. The van der Waals surface area contributed by atoms with Gasteiger partial charge in [-0.2, -0.15) is 0 Å². The molecule has 0 aromatic carbocycles. The standard InChI is InChI=1S/C8H13NO2/c1-3-8(10)9-4-5-11-7(2)6-9/h3,7H,1,4-6H2,2H3/t7-/m0/s1. The minimum absolute atomic E-state index is 0.000139. The second kappa shape index (κ2) is 3.53. The van der Waals surface area contributed by atoms with Crippen LogP contribution < -0.4 is 0 Å². The lowest BCUT2D eigenvalue weighted by atomic mass is 10.3. The highest BCUT2D eigenvalue weighted by atomic mass is 16.5. The Morgan fingerprint density at radius 1 is 1.82 bits per heavy atom. The van der Waals surface area contributed by atoms with Gasteiger partial charge in [0.05, 0.1) is 12.7 Å². The Morgan fingerprint density at radius 2 is 2.55 bits per heavy atom. The van der Waals surface area contributed by atoms with Crippen LogP contribution in [-0.2, 0) is 9.53 Å². The molecule has 11 heavy (non-hydrogen) atoms. The van der Waals surface area contributed by atoms with Crippen molar-refractivity contribution < 1.29 is 9.53 Å². The maximum Gasteiger partial charge on any atom is 0.246 e. The quantitative estimate of drug-likeness (QED) is 0.513. The first-order valence-electron chi connectivity index (χ1n) is 3.77. The minimum atomic E-state index is 0.000139. The molecule has 1 rings (SSSR count). The zero-order valence-electron chi connectivity index (χ0n) is 6.75. The zero-order chi connectivity index (χ0) is 8.27. The smallest absolute Gasteiger partial charge is 0.246 e. The minimum Gasteiger partial charge on any atom is -0.375 e. The third kappa shape index (κ3) is 2.05. The van der Waals surface area contributed by atoms with E-state index in [1.54, 1.807) is 4.90 Å². The van der Waals surface area contributed by atoms with E-state index in [0.29, 0.717) is 19.7 Å². The highest BCUT2D eigenvalue weighted by Crippen LogP contribution is 2.04. The maximum absolute atomic E-state index is 11.1. The van der Waals surface area contributed by atoms with Crippen LogP contribution in [0.15, 0.2) is 12.7 Å². The fourth-order valence-corrected chi connectivity index (χ4v) is 1.15. The zero-order valence-corrected chi connectivity index (χ0v) is 6.75. The van der Waals surface area contributed by atoms with Crippen LogP contribution in [0.5, 0.6) is 0 Å². The largest absolute Gasteiger partial charge is 0.375 e. The first kappa shape index (κ1) is 8.27. The summed E-state index contributed by atoms with van der Waals surface area (Å²) in [5.41, 5.74) is 0. The SMILES string of the molecule is C=CC(=O)N1CCO[C@@H](C)C1. The van der Waals surface area contributed by atoms with Crippen LogP contribution in [0.1, 0.15) is 6.92 Å². The molecule has 3 nitrogen and oxygen atoms in total. The molecule has 0 aromatic heterocycles. The van der Waals surface area contributed by atoms with Crippen molar-refractivity contribution in [3.63, 3.8) is 0 Å². The molecule has 1 amide bonds. The summed E-state index contributed by atoms with van der Waals surface area (Å²) in [5, 5.41) is 0. The molecule has 0 aromatic rings. The number of hydrogen-bond acceptors (Lipinski definition) is 2. The van der Waals surface area contributed by atoms with Gasteiger partial charge in [0.2, 0.25) is 5.91 Å². The third-order valence-electron chi connectivity index (χ3n) is 1.73. The van der Waals surface area contributed by atoms with E-state index in [-0.39, 0.29) is 12.0 Å². The predicted molar refractivity (Wildman–Crippen MR) is 42.2 cm³/mol. The Morgan fingerprint density at radius 3 is 3.09 bits per heavy atom. The van der Waals surface area contributed by atoms with Crippen LogP contribution in [0, 0.1) is 0 Å². The molecular formula is C8H13NO2. The van der Waals surface area contributed by atoms with Gasteiger partial charge in [-0.05, 0) is 13.0 Å². The van der Waals surface area contributed by atoms with Gasteiger partial charge < -0.3 is 9.64 Å². The predicted octanol–water partition coefficient (Wildman–Crippen LogP) is 0.420. The summed E-state index contributed by atoms with van der Waals surface area (Å²) in [6.45, 7) is 7.40. The van der Waals surface area contributed by atoms with E-state index in [2.05, 4.69) is 6.58 Å². The Labute approximate surface area is 66.6 Å². The van der Waals surface area contributed by atoms with E-state index < -0.39 is 0 Å². The van der Waals surface area contributed by atoms with Crippen molar-refractivity contribution in [1.29, 1.82) is 0 Å². The van der Waals surface area contributed by atoms with Crippen LogP contribution >= 0.6 is 0 Å². The molecule has 1 heterocycles. The van der Waals surface area contributed by atoms with Crippen molar-refractivity contribution in [1.82, 2.24) is 4.90 Å². The van der Waals surface area contributed by atoms with Crippen LogP contribution in [0.4, 0.5) is 0 Å². The van der Waals surface area contributed by atoms with Gasteiger partial charge in [-0.1, -0.05) is 6.58 Å². The molecule has 0 spiro atoms. The Balaban J connectivity index is 2.45. The first-order valence-corrected chi connectivity index (χ1v) is 3.77. The van der Waals surface area contributed by atoms with E-state index in [0.717, 1.165) is 0 Å². The van der Waals surface area contributed by atoms with Crippen LogP contribution in [0.25, 0.3) is 0 Å². The number of amides is 1. The summed E-state index contributed by atoms with van der Waals surface area (Å²) < 4.78 is 5.27. The highest BCUT2D eigenvalue weighted by Gasteiger charge is 2.18. The molecule has 0 unspecified atom stereocenters. The van der Waals surface area contributed by atoms with Crippen molar-refractivity contribution in [3.8, 4) is 0 Å². The summed E-state index contributed by atoms with van der Waals surface area (Å²) in [6, 6.07) is 0. The average molecular weight is 155 g/mol. The third-order valence-corrected chi connectivity index (χ3v) is 1.73. The van der Waals surface area contributed by atoms with Gasteiger partial charge >= 0.3 is 0 Å². The fraction of sp³-hybridized carbons (Fsp3) is 0.625. The summed E-state index contributed by atoms with van der Waals surface area (Å²) in [5.74, 6) is 0.000139. The van der Waals surface area contributed by atoms with E-state index in [1.807, 2.05) is 6.92 Å². The van der Waals surface area contributed by atoms with Gasteiger partial charge in [0.25, 0.3) is 0 Å². The van der Waals surface area contributed by atoms with Crippen LogP contribution in [-0.4, -0.2) is 36.6 Å². The van der Waals surface area contributed by atoms with Crippen molar-refractivity contribution >= 4 is 5.91 Å². The highest BCUT2D eigenvalue weighted by molar-refractivity contribution is 5.87. The monoisotopic (exact) mass is 155 g/mol. The van der Waals surface area contributed by atoms with Gasteiger partial charge in [0.1, 0.15) is 0 Å². The number of nitrogens with zero attached hydrogens (tertiary/aromatic N) is 1. The molecule has 1 saturated heterocycles. The molecule has 0 radical (unpaired) electrons. The van der Waals surface area contributed by atoms with E-state index in [4.69, 9.17) is 4.74 Å². The number of morpholine rings is 1. The second-order valence-corrected chi connectivity index (χ2v) is 2.67. The van der Waals surface area contributed by atoms with Gasteiger partial charge in [-0.25, -0.2) is 0 Å². The normalized spacial score (nSPS) is 24.8. The number of carbonyl (C=O) groups excluding carboxylic acids is 1. The molecule has 3 heteroatoms. The summed E-state index contributed by atoms with van der Waals surface area (Å²) in [4.78, 5) is 12.8. The summed E-state index contributed by atoms with van der Waals surface area (Å²) >= 11 is 0. The fourth-order valence-electron chi connectivity index (χ4n) is 1.15. The van der Waals surface area contributed by atoms with Gasteiger partial charge in [-0.3, -0.25) is 4.79 Å². The molecule has 62 valence electrons. The lowest BCUT2D eigenvalue weighted by Crippen LogP contribution is -2.43. The van der Waals surface area contributed by atoms with E-state index in [1.165, 1.54) is 6.08 Å². The van der Waals surface area contributed by atoms with Crippen molar-refractivity contribution in [2.24, 2.45) is 0 Å². The topological polar surface area (TPSA) is 29.5 Å². The Kier molecular flexibility index (Phi) is 2.65. The number of rotatable bonds is 1. The molecule has 0 bridgehead atoms. The molecule has 0 saturated carbocycles.